The van der Waals surface area contributed by atoms with Gasteiger partial charge < -0.3 is 10.1 Å². The Morgan fingerprint density at radius 2 is 2.32 bits per heavy atom. The third kappa shape index (κ3) is 2.58. The molecule has 1 unspecified atom stereocenters. The van der Waals surface area contributed by atoms with E-state index in [9.17, 15) is 0 Å². The SMILES string of the molecule is COc1ccccc1Cn1nnc(C2CCNC2)n1. The van der Waals surface area contributed by atoms with Crippen LogP contribution in [0.25, 0.3) is 0 Å². The number of ether oxygens (including phenoxy) is 1. The summed E-state index contributed by atoms with van der Waals surface area (Å²) in [5.41, 5.74) is 1.05. The maximum Gasteiger partial charge on any atom is 0.179 e. The molecule has 1 aromatic heterocycles. The van der Waals surface area contributed by atoms with E-state index in [1.54, 1.807) is 11.9 Å². The first kappa shape index (κ1) is 12.1. The van der Waals surface area contributed by atoms with Crippen molar-refractivity contribution in [1.82, 2.24) is 25.5 Å². The van der Waals surface area contributed by atoms with Crippen LogP contribution in [0.5, 0.6) is 5.75 Å². The summed E-state index contributed by atoms with van der Waals surface area (Å²) in [6.07, 6.45) is 1.08. The van der Waals surface area contributed by atoms with Gasteiger partial charge in [0.2, 0.25) is 0 Å². The van der Waals surface area contributed by atoms with Crippen LogP contribution >= 0.6 is 0 Å². The third-order valence-electron chi connectivity index (χ3n) is 3.40. The van der Waals surface area contributed by atoms with E-state index in [0.717, 1.165) is 36.6 Å². The van der Waals surface area contributed by atoms with E-state index in [1.807, 2.05) is 24.3 Å². The second kappa shape index (κ2) is 5.36. The van der Waals surface area contributed by atoms with Crippen LogP contribution in [-0.2, 0) is 6.54 Å². The average Bonchev–Trinajstić information content (AvgIpc) is 3.09. The molecule has 0 spiro atoms. The maximum atomic E-state index is 5.32. The molecular weight excluding hydrogens is 242 g/mol. The smallest absolute Gasteiger partial charge is 0.179 e. The molecule has 0 aliphatic carbocycles. The molecule has 0 amide bonds. The number of aromatic nitrogens is 4. The van der Waals surface area contributed by atoms with Gasteiger partial charge in [-0.05, 0) is 24.2 Å². The van der Waals surface area contributed by atoms with Crippen molar-refractivity contribution in [2.45, 2.75) is 18.9 Å². The van der Waals surface area contributed by atoms with Crippen molar-refractivity contribution < 1.29 is 4.74 Å². The highest BCUT2D eigenvalue weighted by molar-refractivity contribution is 5.33. The molecule has 0 radical (unpaired) electrons. The molecule has 1 atom stereocenters. The average molecular weight is 259 g/mol. The molecule has 3 rings (SSSR count). The highest BCUT2D eigenvalue weighted by Crippen LogP contribution is 2.19. The van der Waals surface area contributed by atoms with E-state index < -0.39 is 0 Å². The first-order valence-corrected chi connectivity index (χ1v) is 6.47. The Morgan fingerprint density at radius 1 is 1.42 bits per heavy atom. The number of rotatable bonds is 4. The van der Waals surface area contributed by atoms with Crippen LogP contribution < -0.4 is 10.1 Å². The van der Waals surface area contributed by atoms with Crippen LogP contribution in [0.4, 0.5) is 0 Å². The van der Waals surface area contributed by atoms with Gasteiger partial charge in [-0.3, -0.25) is 0 Å². The van der Waals surface area contributed by atoms with Gasteiger partial charge in [-0.1, -0.05) is 18.2 Å². The molecule has 6 heteroatoms. The van der Waals surface area contributed by atoms with Crippen LogP contribution in [0.3, 0.4) is 0 Å². The van der Waals surface area contributed by atoms with Gasteiger partial charge in [0.15, 0.2) is 5.82 Å². The highest BCUT2D eigenvalue weighted by atomic mass is 16.5. The molecule has 1 aliphatic rings. The first-order valence-electron chi connectivity index (χ1n) is 6.47. The standard InChI is InChI=1S/C13H17N5O/c1-19-12-5-3-2-4-11(12)9-18-16-13(15-17-18)10-6-7-14-8-10/h2-5,10,14H,6-9H2,1H3. The number of tetrazole rings is 1. The van der Waals surface area contributed by atoms with Crippen molar-refractivity contribution in [3.63, 3.8) is 0 Å². The molecule has 1 aliphatic heterocycles. The lowest BCUT2D eigenvalue weighted by Gasteiger charge is -2.06. The minimum absolute atomic E-state index is 0.395. The molecule has 1 fully saturated rings. The van der Waals surface area contributed by atoms with Crippen LogP contribution in [0, 0.1) is 0 Å². The third-order valence-corrected chi connectivity index (χ3v) is 3.40. The minimum atomic E-state index is 0.395. The summed E-state index contributed by atoms with van der Waals surface area (Å²) < 4.78 is 5.32. The summed E-state index contributed by atoms with van der Waals surface area (Å²) in [6.45, 7) is 2.56. The van der Waals surface area contributed by atoms with Crippen molar-refractivity contribution in [1.29, 1.82) is 0 Å². The Morgan fingerprint density at radius 3 is 3.11 bits per heavy atom. The predicted molar refractivity (Wildman–Crippen MR) is 70.1 cm³/mol. The molecule has 19 heavy (non-hydrogen) atoms. The van der Waals surface area contributed by atoms with E-state index in [2.05, 4.69) is 20.7 Å². The second-order valence-corrected chi connectivity index (χ2v) is 4.68. The fourth-order valence-corrected chi connectivity index (χ4v) is 2.35. The molecule has 0 saturated carbocycles. The molecule has 1 saturated heterocycles. The largest absolute Gasteiger partial charge is 0.496 e. The number of hydrogen-bond donors (Lipinski definition) is 1. The first-order chi connectivity index (χ1) is 9.36. The quantitative estimate of drug-likeness (QED) is 0.880. The molecule has 2 aromatic rings. The molecular formula is C13H17N5O. The fraction of sp³-hybridized carbons (Fsp3) is 0.462. The normalized spacial score (nSPS) is 18.7. The number of methoxy groups -OCH3 is 1. The molecule has 1 N–H and O–H groups in total. The van der Waals surface area contributed by atoms with E-state index >= 15 is 0 Å². The zero-order valence-electron chi connectivity index (χ0n) is 10.9. The highest BCUT2D eigenvalue weighted by Gasteiger charge is 2.21. The van der Waals surface area contributed by atoms with Gasteiger partial charge in [0.25, 0.3) is 0 Å². The van der Waals surface area contributed by atoms with Crippen molar-refractivity contribution >= 4 is 0 Å². The van der Waals surface area contributed by atoms with Gasteiger partial charge in [-0.15, -0.1) is 10.2 Å². The zero-order valence-corrected chi connectivity index (χ0v) is 10.9. The summed E-state index contributed by atoms with van der Waals surface area (Å²) in [6, 6.07) is 7.89. The topological polar surface area (TPSA) is 64.9 Å². The minimum Gasteiger partial charge on any atom is -0.496 e. The van der Waals surface area contributed by atoms with Gasteiger partial charge in [-0.25, -0.2) is 0 Å². The number of nitrogens with zero attached hydrogens (tertiary/aromatic N) is 4. The summed E-state index contributed by atoms with van der Waals surface area (Å²) >= 11 is 0. The lowest BCUT2D eigenvalue weighted by molar-refractivity contribution is 0.405. The molecule has 0 bridgehead atoms. The van der Waals surface area contributed by atoms with Gasteiger partial charge in [0.1, 0.15) is 5.75 Å². The summed E-state index contributed by atoms with van der Waals surface area (Å²) in [5, 5.41) is 16.0. The van der Waals surface area contributed by atoms with Gasteiger partial charge in [-0.2, -0.15) is 4.80 Å². The number of nitrogens with one attached hydrogen (secondary N) is 1. The Kier molecular flexibility index (Phi) is 3.41. The van der Waals surface area contributed by atoms with Gasteiger partial charge in [0.05, 0.1) is 13.7 Å². The predicted octanol–water partition coefficient (Wildman–Crippen LogP) is 0.807. The summed E-state index contributed by atoms with van der Waals surface area (Å²) in [7, 11) is 1.67. The van der Waals surface area contributed by atoms with Crippen molar-refractivity contribution in [2.24, 2.45) is 0 Å². The summed E-state index contributed by atoms with van der Waals surface area (Å²) in [5.74, 6) is 2.08. The van der Waals surface area contributed by atoms with Crippen molar-refractivity contribution in [3.05, 3.63) is 35.7 Å². The lowest BCUT2D eigenvalue weighted by atomic mass is 10.1. The van der Waals surface area contributed by atoms with Crippen LogP contribution in [0.2, 0.25) is 0 Å². The van der Waals surface area contributed by atoms with Crippen LogP contribution in [0.1, 0.15) is 23.7 Å². The lowest BCUT2D eigenvalue weighted by Crippen LogP contribution is -2.10. The Hall–Kier alpha value is -1.95. The molecule has 100 valence electrons. The maximum absolute atomic E-state index is 5.32. The number of para-hydroxylation sites is 1. The summed E-state index contributed by atoms with van der Waals surface area (Å²) in [4.78, 5) is 1.63. The Balaban J connectivity index is 1.76. The molecule has 6 nitrogen and oxygen atoms in total. The molecule has 1 aromatic carbocycles. The van der Waals surface area contributed by atoms with Crippen molar-refractivity contribution in [2.75, 3.05) is 20.2 Å². The van der Waals surface area contributed by atoms with Crippen LogP contribution in [0.15, 0.2) is 24.3 Å². The van der Waals surface area contributed by atoms with Crippen molar-refractivity contribution in [3.8, 4) is 5.75 Å². The van der Waals surface area contributed by atoms with Crippen LogP contribution in [-0.4, -0.2) is 40.4 Å². The monoisotopic (exact) mass is 259 g/mol. The number of benzene rings is 1. The van der Waals surface area contributed by atoms with E-state index in [-0.39, 0.29) is 0 Å². The fourth-order valence-electron chi connectivity index (χ4n) is 2.35. The van der Waals surface area contributed by atoms with E-state index in [1.165, 1.54) is 0 Å². The van der Waals surface area contributed by atoms with Gasteiger partial charge >= 0.3 is 0 Å². The Bertz CT molecular complexity index is 547. The Labute approximate surface area is 111 Å². The van der Waals surface area contributed by atoms with E-state index in [4.69, 9.17) is 4.74 Å². The zero-order chi connectivity index (χ0) is 13.1. The number of hydrogen-bond acceptors (Lipinski definition) is 5. The van der Waals surface area contributed by atoms with Gasteiger partial charge in [0, 0.05) is 18.0 Å². The van der Waals surface area contributed by atoms with E-state index in [0.29, 0.717) is 12.5 Å². The second-order valence-electron chi connectivity index (χ2n) is 4.68. The molecule has 2 heterocycles.